The second kappa shape index (κ2) is 10.1. The molecule has 0 spiro atoms. The number of amides is 1. The van der Waals surface area contributed by atoms with Crippen molar-refractivity contribution in [3.05, 3.63) is 29.8 Å². The molecule has 2 N–H and O–H groups in total. The normalized spacial score (nSPS) is 26.3. The molecular formula is C20H32ClN3O3S. The summed E-state index contributed by atoms with van der Waals surface area (Å²) in [7, 11) is -3.58. The third-order valence-electron chi connectivity index (χ3n) is 5.52. The highest BCUT2D eigenvalue weighted by molar-refractivity contribution is 7.89. The Kier molecular flexibility index (Phi) is 8.30. The summed E-state index contributed by atoms with van der Waals surface area (Å²) in [5, 5.41) is 6.29. The molecule has 158 valence electrons. The zero-order valence-electron chi connectivity index (χ0n) is 16.7. The molecular weight excluding hydrogens is 398 g/mol. The Hall–Kier alpha value is -1.15. The summed E-state index contributed by atoms with van der Waals surface area (Å²) in [5.74, 6) is 0.919. The minimum atomic E-state index is -3.58. The molecule has 2 heterocycles. The SMILES string of the molecule is CC1CC(C)CN(S(=O)(=O)c2cccc(C(=O)NCC3CCCNC3)c2)C1.Cl. The van der Waals surface area contributed by atoms with E-state index in [-0.39, 0.29) is 23.2 Å². The second-order valence-electron chi connectivity index (χ2n) is 8.22. The molecule has 3 unspecified atom stereocenters. The van der Waals surface area contributed by atoms with E-state index in [4.69, 9.17) is 0 Å². The lowest BCUT2D eigenvalue weighted by Crippen LogP contribution is -2.42. The fourth-order valence-electron chi connectivity index (χ4n) is 4.19. The molecule has 28 heavy (non-hydrogen) atoms. The van der Waals surface area contributed by atoms with E-state index >= 15 is 0 Å². The van der Waals surface area contributed by atoms with Crippen molar-refractivity contribution in [3.63, 3.8) is 0 Å². The molecule has 0 aliphatic carbocycles. The molecule has 2 fully saturated rings. The summed E-state index contributed by atoms with van der Waals surface area (Å²) in [6.45, 7) is 7.82. The molecule has 1 aromatic rings. The van der Waals surface area contributed by atoms with Crippen LogP contribution >= 0.6 is 12.4 Å². The maximum Gasteiger partial charge on any atom is 0.251 e. The summed E-state index contributed by atoms with van der Waals surface area (Å²) in [5.41, 5.74) is 0.401. The smallest absolute Gasteiger partial charge is 0.251 e. The molecule has 8 heteroatoms. The lowest BCUT2D eigenvalue weighted by molar-refractivity contribution is 0.0944. The van der Waals surface area contributed by atoms with E-state index in [0.29, 0.717) is 43.0 Å². The van der Waals surface area contributed by atoms with Gasteiger partial charge in [0.2, 0.25) is 10.0 Å². The van der Waals surface area contributed by atoms with Crippen molar-refractivity contribution in [2.75, 3.05) is 32.7 Å². The highest BCUT2D eigenvalue weighted by Gasteiger charge is 2.32. The highest BCUT2D eigenvalue weighted by Crippen LogP contribution is 2.27. The van der Waals surface area contributed by atoms with E-state index in [1.807, 2.05) is 0 Å². The molecule has 1 amide bonds. The number of carbonyl (C=O) groups excluding carboxylic acids is 1. The van der Waals surface area contributed by atoms with Crippen LogP contribution in [0.15, 0.2) is 29.2 Å². The van der Waals surface area contributed by atoms with E-state index in [1.165, 1.54) is 6.07 Å². The number of carbonyl (C=O) groups is 1. The van der Waals surface area contributed by atoms with Crippen LogP contribution in [-0.4, -0.2) is 51.4 Å². The third kappa shape index (κ3) is 5.69. The van der Waals surface area contributed by atoms with Gasteiger partial charge in [0.1, 0.15) is 0 Å². The predicted molar refractivity (Wildman–Crippen MR) is 113 cm³/mol. The molecule has 3 rings (SSSR count). The topological polar surface area (TPSA) is 78.5 Å². The molecule has 2 saturated heterocycles. The minimum absolute atomic E-state index is 0. The quantitative estimate of drug-likeness (QED) is 0.753. The van der Waals surface area contributed by atoms with Gasteiger partial charge in [-0.15, -0.1) is 12.4 Å². The van der Waals surface area contributed by atoms with Crippen LogP contribution in [0.4, 0.5) is 0 Å². The molecule has 1 aromatic carbocycles. The molecule has 0 radical (unpaired) electrons. The first-order valence-corrected chi connectivity index (χ1v) is 11.4. The predicted octanol–water partition coefficient (Wildman–Crippen LogP) is 2.50. The molecule has 0 saturated carbocycles. The molecule has 0 bridgehead atoms. The van der Waals surface area contributed by atoms with E-state index in [1.54, 1.807) is 22.5 Å². The number of piperidine rings is 2. The third-order valence-corrected chi connectivity index (χ3v) is 7.35. The average molecular weight is 430 g/mol. The minimum Gasteiger partial charge on any atom is -0.352 e. The van der Waals surface area contributed by atoms with Crippen LogP contribution in [0.1, 0.15) is 43.5 Å². The Morgan fingerprint density at radius 3 is 2.61 bits per heavy atom. The van der Waals surface area contributed by atoms with Crippen molar-refractivity contribution in [1.82, 2.24) is 14.9 Å². The second-order valence-corrected chi connectivity index (χ2v) is 10.2. The molecule has 6 nitrogen and oxygen atoms in total. The van der Waals surface area contributed by atoms with Crippen molar-refractivity contribution in [1.29, 1.82) is 0 Å². The van der Waals surface area contributed by atoms with E-state index in [2.05, 4.69) is 24.5 Å². The Morgan fingerprint density at radius 2 is 1.96 bits per heavy atom. The van der Waals surface area contributed by atoms with Crippen LogP contribution in [0.5, 0.6) is 0 Å². The Morgan fingerprint density at radius 1 is 1.25 bits per heavy atom. The summed E-state index contributed by atoms with van der Waals surface area (Å²) < 4.78 is 27.7. The van der Waals surface area contributed by atoms with Gasteiger partial charge >= 0.3 is 0 Å². The van der Waals surface area contributed by atoms with Crippen LogP contribution in [0, 0.1) is 17.8 Å². The first-order valence-electron chi connectivity index (χ1n) is 9.95. The van der Waals surface area contributed by atoms with E-state index < -0.39 is 10.0 Å². The van der Waals surface area contributed by atoms with Crippen molar-refractivity contribution in [2.45, 2.75) is 38.0 Å². The van der Waals surface area contributed by atoms with Crippen LogP contribution in [0.2, 0.25) is 0 Å². The zero-order valence-corrected chi connectivity index (χ0v) is 18.3. The lowest BCUT2D eigenvalue weighted by Gasteiger charge is -2.34. The van der Waals surface area contributed by atoms with Gasteiger partial charge in [-0.3, -0.25) is 4.79 Å². The molecule has 0 aromatic heterocycles. The summed E-state index contributed by atoms with van der Waals surface area (Å²) >= 11 is 0. The van der Waals surface area contributed by atoms with Gasteiger partial charge in [-0.2, -0.15) is 4.31 Å². The molecule has 2 aliphatic rings. The van der Waals surface area contributed by atoms with Gasteiger partial charge in [-0.1, -0.05) is 19.9 Å². The number of rotatable bonds is 5. The number of sulfonamides is 1. The van der Waals surface area contributed by atoms with E-state index in [9.17, 15) is 13.2 Å². The Labute approximate surface area is 174 Å². The van der Waals surface area contributed by atoms with Crippen molar-refractivity contribution in [3.8, 4) is 0 Å². The monoisotopic (exact) mass is 429 g/mol. The van der Waals surface area contributed by atoms with Gasteiger partial charge in [0.05, 0.1) is 4.90 Å². The number of hydrogen-bond donors (Lipinski definition) is 2. The summed E-state index contributed by atoms with van der Waals surface area (Å²) in [6.07, 6.45) is 3.28. The maximum atomic E-state index is 13.0. The first kappa shape index (κ1) is 23.1. The van der Waals surface area contributed by atoms with Gasteiger partial charge in [-0.05, 0) is 68.3 Å². The Balaban J connectivity index is 0.00000280. The van der Waals surface area contributed by atoms with Gasteiger partial charge in [0.25, 0.3) is 5.91 Å². The van der Waals surface area contributed by atoms with Crippen LogP contribution in [0.3, 0.4) is 0 Å². The largest absolute Gasteiger partial charge is 0.352 e. The average Bonchev–Trinajstić information content (AvgIpc) is 2.66. The van der Waals surface area contributed by atoms with Gasteiger partial charge < -0.3 is 10.6 Å². The van der Waals surface area contributed by atoms with Gasteiger partial charge in [-0.25, -0.2) is 8.42 Å². The zero-order chi connectivity index (χ0) is 19.4. The summed E-state index contributed by atoms with van der Waals surface area (Å²) in [6, 6.07) is 6.42. The standard InChI is InChI=1S/C20H31N3O3S.ClH/c1-15-9-16(2)14-23(13-15)27(25,26)19-7-3-6-18(10-19)20(24)22-12-17-5-4-8-21-11-17;/h3,6-7,10,15-17,21H,4-5,8-9,11-14H2,1-2H3,(H,22,24);1H. The fraction of sp³-hybridized carbons (Fsp3) is 0.650. The number of benzene rings is 1. The van der Waals surface area contributed by atoms with Gasteiger partial charge in [0.15, 0.2) is 0 Å². The lowest BCUT2D eigenvalue weighted by atomic mass is 9.94. The van der Waals surface area contributed by atoms with Gasteiger partial charge in [0, 0.05) is 25.2 Å². The van der Waals surface area contributed by atoms with Crippen molar-refractivity contribution in [2.24, 2.45) is 17.8 Å². The first-order chi connectivity index (χ1) is 12.9. The van der Waals surface area contributed by atoms with Crippen LogP contribution in [-0.2, 0) is 10.0 Å². The Bertz CT molecular complexity index is 756. The maximum absolute atomic E-state index is 13.0. The highest BCUT2D eigenvalue weighted by atomic mass is 35.5. The molecule has 2 aliphatic heterocycles. The fourth-order valence-corrected chi connectivity index (χ4v) is 5.91. The number of nitrogens with one attached hydrogen (secondary N) is 2. The number of hydrogen-bond acceptors (Lipinski definition) is 4. The van der Waals surface area contributed by atoms with Crippen molar-refractivity contribution < 1.29 is 13.2 Å². The number of nitrogens with zero attached hydrogens (tertiary/aromatic N) is 1. The van der Waals surface area contributed by atoms with Crippen LogP contribution in [0.25, 0.3) is 0 Å². The van der Waals surface area contributed by atoms with E-state index in [0.717, 1.165) is 32.4 Å². The van der Waals surface area contributed by atoms with Crippen LogP contribution < -0.4 is 10.6 Å². The molecule has 3 atom stereocenters. The van der Waals surface area contributed by atoms with Crippen molar-refractivity contribution >= 4 is 28.3 Å². The summed E-state index contributed by atoms with van der Waals surface area (Å²) in [4.78, 5) is 12.7. The number of halogens is 1.